The Morgan fingerprint density at radius 2 is 1.54 bits per heavy atom. The van der Waals surface area contributed by atoms with Gasteiger partial charge in [0.15, 0.2) is 17.6 Å². The summed E-state index contributed by atoms with van der Waals surface area (Å²) in [6.45, 7) is 0.961. The highest BCUT2D eigenvalue weighted by molar-refractivity contribution is 6.14. The number of ketones is 1. The topological polar surface area (TPSA) is 61.8 Å². The maximum absolute atomic E-state index is 13.9. The zero-order valence-electron chi connectivity index (χ0n) is 17.5. The highest BCUT2D eigenvalue weighted by Crippen LogP contribution is 2.35. The fourth-order valence-corrected chi connectivity index (χ4v) is 3.08. The van der Waals surface area contributed by atoms with Gasteiger partial charge < -0.3 is 14.2 Å². The van der Waals surface area contributed by atoms with E-state index < -0.39 is 58.5 Å². The predicted molar refractivity (Wildman–Crippen MR) is 108 cm³/mol. The molecule has 1 unspecified atom stereocenters. The first-order valence-corrected chi connectivity index (χ1v) is 9.81. The molecule has 35 heavy (non-hydrogen) atoms. The van der Waals surface area contributed by atoms with Crippen LogP contribution in [0.1, 0.15) is 22.8 Å². The van der Waals surface area contributed by atoms with E-state index in [-0.39, 0.29) is 28.4 Å². The maximum Gasteiger partial charge on any atom is 0.352 e. The summed E-state index contributed by atoms with van der Waals surface area (Å²) in [5.74, 6) is -15.8. The monoisotopic (exact) mass is 494 g/mol. The van der Waals surface area contributed by atoms with Gasteiger partial charge in [-0.15, -0.1) is 0 Å². The first-order valence-electron chi connectivity index (χ1n) is 9.81. The van der Waals surface area contributed by atoms with Crippen LogP contribution in [0.5, 0.6) is 17.2 Å². The number of rotatable bonds is 5. The van der Waals surface area contributed by atoms with Gasteiger partial charge in [0.2, 0.25) is 34.9 Å². The zero-order chi connectivity index (χ0) is 25.4. The molecular formula is C24H12F6O5. The lowest BCUT2D eigenvalue weighted by atomic mass is 10.1. The molecule has 0 saturated heterocycles. The fourth-order valence-electron chi connectivity index (χ4n) is 3.08. The maximum atomic E-state index is 13.9. The van der Waals surface area contributed by atoms with E-state index in [0.717, 1.165) is 13.0 Å². The lowest BCUT2D eigenvalue weighted by Gasteiger charge is -2.15. The number of hydrogen-bond acceptors (Lipinski definition) is 5. The second-order valence-corrected chi connectivity index (χ2v) is 7.20. The van der Waals surface area contributed by atoms with E-state index >= 15 is 0 Å². The Kier molecular flexibility index (Phi) is 6.25. The minimum Gasteiger partial charge on any atom is -0.473 e. The molecule has 3 aromatic rings. The van der Waals surface area contributed by atoms with Crippen LogP contribution in [0.25, 0.3) is 6.08 Å². The van der Waals surface area contributed by atoms with Gasteiger partial charge >= 0.3 is 5.97 Å². The molecule has 11 heteroatoms. The number of carbonyl (C=O) groups is 2. The Hall–Kier alpha value is -4.28. The molecule has 1 aliphatic heterocycles. The number of hydrogen-bond donors (Lipinski definition) is 0. The van der Waals surface area contributed by atoms with E-state index in [0.29, 0.717) is 0 Å². The summed E-state index contributed by atoms with van der Waals surface area (Å²) in [7, 11) is 0. The molecular weight excluding hydrogens is 482 g/mol. The average molecular weight is 494 g/mol. The average Bonchev–Trinajstić information content (AvgIpc) is 3.14. The summed E-state index contributed by atoms with van der Waals surface area (Å²) >= 11 is 0. The van der Waals surface area contributed by atoms with Crippen molar-refractivity contribution in [1.82, 2.24) is 0 Å². The van der Waals surface area contributed by atoms with Crippen molar-refractivity contribution in [3.8, 4) is 17.2 Å². The third kappa shape index (κ3) is 4.44. The van der Waals surface area contributed by atoms with E-state index in [2.05, 4.69) is 4.74 Å². The molecule has 0 aliphatic carbocycles. The molecule has 0 amide bonds. The number of Topliss-reactive ketones (excluding diaryl/α,β-unsaturated/α-hetero) is 1. The molecule has 1 atom stereocenters. The second-order valence-electron chi connectivity index (χ2n) is 7.20. The largest absolute Gasteiger partial charge is 0.473 e. The van der Waals surface area contributed by atoms with Gasteiger partial charge in [-0.1, -0.05) is 18.2 Å². The summed E-state index contributed by atoms with van der Waals surface area (Å²) < 4.78 is 96.3. The van der Waals surface area contributed by atoms with Crippen molar-refractivity contribution in [3.63, 3.8) is 0 Å². The van der Waals surface area contributed by atoms with Crippen molar-refractivity contribution in [2.75, 3.05) is 0 Å². The van der Waals surface area contributed by atoms with E-state index in [1.807, 2.05) is 0 Å². The van der Waals surface area contributed by atoms with Crippen LogP contribution in [0, 0.1) is 34.9 Å². The van der Waals surface area contributed by atoms with Gasteiger partial charge in [-0.3, -0.25) is 4.79 Å². The van der Waals surface area contributed by atoms with Crippen LogP contribution < -0.4 is 14.2 Å². The molecule has 5 nitrogen and oxygen atoms in total. The van der Waals surface area contributed by atoms with Crippen LogP contribution in [0.15, 0.2) is 48.2 Å². The molecule has 0 saturated carbocycles. The van der Waals surface area contributed by atoms with Gasteiger partial charge in [0, 0.05) is 11.6 Å². The first-order chi connectivity index (χ1) is 16.6. The standard InChI is InChI=1S/C24H12F6O5/c1-10(33-23-20(29)18(27)17(26)19(28)21(23)30)24(32)34-12-6-7-13-15(9-12)35-16(22(13)31)8-11-4-2-3-5-14(11)25/h2-10H,1H3/b16-8-. The fraction of sp³-hybridized carbons (Fsp3) is 0.0833. The van der Waals surface area contributed by atoms with Gasteiger partial charge in [0.1, 0.15) is 17.3 Å². The molecule has 4 rings (SSSR count). The minimum atomic E-state index is -2.38. The van der Waals surface area contributed by atoms with Gasteiger partial charge in [0.05, 0.1) is 5.56 Å². The van der Waals surface area contributed by atoms with Crippen molar-refractivity contribution in [2.45, 2.75) is 13.0 Å². The van der Waals surface area contributed by atoms with Gasteiger partial charge in [-0.2, -0.15) is 8.78 Å². The van der Waals surface area contributed by atoms with Crippen LogP contribution in [0.3, 0.4) is 0 Å². The van der Waals surface area contributed by atoms with Crippen LogP contribution in [0.2, 0.25) is 0 Å². The van der Waals surface area contributed by atoms with Gasteiger partial charge in [-0.25, -0.2) is 22.4 Å². The summed E-state index contributed by atoms with van der Waals surface area (Å²) in [5.41, 5.74) is 0.201. The molecule has 1 heterocycles. The molecule has 180 valence electrons. The normalized spacial score (nSPS) is 14.5. The summed E-state index contributed by atoms with van der Waals surface area (Å²) in [6.07, 6.45) is -0.598. The van der Waals surface area contributed by atoms with E-state index in [9.17, 15) is 35.9 Å². The van der Waals surface area contributed by atoms with Gasteiger partial charge in [-0.05, 0) is 31.2 Å². The molecule has 0 aromatic heterocycles. The Morgan fingerprint density at radius 3 is 2.20 bits per heavy atom. The number of halogens is 6. The van der Waals surface area contributed by atoms with Crippen molar-refractivity contribution in [3.05, 3.63) is 94.3 Å². The summed E-state index contributed by atoms with van der Waals surface area (Å²) in [5, 5.41) is 0. The first kappa shape index (κ1) is 23.9. The molecule has 0 spiro atoms. The molecule has 0 bridgehead atoms. The number of ether oxygens (including phenoxy) is 3. The summed E-state index contributed by atoms with van der Waals surface area (Å²) in [6, 6.07) is 9.29. The van der Waals surface area contributed by atoms with Crippen molar-refractivity contribution < 1.29 is 50.1 Å². The minimum absolute atomic E-state index is 0.0174. The molecule has 0 radical (unpaired) electrons. The Bertz CT molecular complexity index is 1370. The Labute approximate surface area is 193 Å². The SMILES string of the molecule is CC(Oc1c(F)c(F)c(F)c(F)c1F)C(=O)Oc1ccc2c(c1)O/C(=C\c1ccccc1F)C2=O. The third-order valence-corrected chi connectivity index (χ3v) is 4.85. The van der Waals surface area contributed by atoms with Crippen molar-refractivity contribution in [1.29, 1.82) is 0 Å². The Morgan fingerprint density at radius 1 is 0.914 bits per heavy atom. The number of carbonyl (C=O) groups excluding carboxylic acids is 2. The quantitative estimate of drug-likeness (QED) is 0.117. The molecule has 1 aliphatic rings. The lowest BCUT2D eigenvalue weighted by molar-refractivity contribution is -0.141. The van der Waals surface area contributed by atoms with E-state index in [1.165, 1.54) is 36.4 Å². The molecule has 3 aromatic carbocycles. The third-order valence-electron chi connectivity index (χ3n) is 4.85. The Balaban J connectivity index is 1.50. The smallest absolute Gasteiger partial charge is 0.352 e. The summed E-state index contributed by atoms with van der Waals surface area (Å²) in [4.78, 5) is 24.8. The lowest BCUT2D eigenvalue weighted by Crippen LogP contribution is -2.29. The number of fused-ring (bicyclic) bond motifs is 1. The van der Waals surface area contributed by atoms with Crippen LogP contribution in [0.4, 0.5) is 26.3 Å². The highest BCUT2D eigenvalue weighted by atomic mass is 19.2. The van der Waals surface area contributed by atoms with Crippen LogP contribution in [-0.2, 0) is 4.79 Å². The molecule has 0 fully saturated rings. The van der Waals surface area contributed by atoms with E-state index in [1.54, 1.807) is 6.07 Å². The zero-order valence-corrected chi connectivity index (χ0v) is 17.5. The van der Waals surface area contributed by atoms with Crippen molar-refractivity contribution in [2.24, 2.45) is 0 Å². The number of allylic oxidation sites excluding steroid dienone is 1. The van der Waals surface area contributed by atoms with E-state index in [4.69, 9.17) is 9.47 Å². The molecule has 0 N–H and O–H groups in total. The highest BCUT2D eigenvalue weighted by Gasteiger charge is 2.31. The predicted octanol–water partition coefficient (Wildman–Crippen LogP) is 5.51. The number of esters is 1. The second kappa shape index (κ2) is 9.16. The van der Waals surface area contributed by atoms with Gasteiger partial charge in [0.25, 0.3) is 0 Å². The van der Waals surface area contributed by atoms with Crippen LogP contribution in [-0.4, -0.2) is 17.9 Å². The van der Waals surface area contributed by atoms with Crippen LogP contribution >= 0.6 is 0 Å². The van der Waals surface area contributed by atoms with Crippen molar-refractivity contribution >= 4 is 17.8 Å². The number of benzene rings is 3.